The normalized spacial score (nSPS) is 33.3. The second-order valence-corrected chi connectivity index (χ2v) is 13.1. The van der Waals surface area contributed by atoms with E-state index in [1.807, 2.05) is 0 Å². The van der Waals surface area contributed by atoms with Gasteiger partial charge in [-0.05, 0) is 18.2 Å². The van der Waals surface area contributed by atoms with Crippen molar-refractivity contribution in [2.24, 2.45) is 0 Å². The summed E-state index contributed by atoms with van der Waals surface area (Å²) >= 11 is 14.9. The molecule has 6 atom stereocenters. The number of rotatable bonds is 7. The highest BCUT2D eigenvalue weighted by Crippen LogP contribution is 2.45. The molecule has 36 heavy (non-hydrogen) atoms. The van der Waals surface area contributed by atoms with Gasteiger partial charge in [0.05, 0.1) is 36.0 Å². The number of carbonyl (C=O) groups excluding carboxylic acids is 2. The number of carboxylic acids is 1. The van der Waals surface area contributed by atoms with E-state index in [1.165, 1.54) is 28.4 Å². The topological polar surface area (TPSA) is 107 Å². The van der Waals surface area contributed by atoms with E-state index in [9.17, 15) is 24.6 Å². The van der Waals surface area contributed by atoms with Gasteiger partial charge in [0, 0.05) is 46.9 Å². The van der Waals surface area contributed by atoms with Gasteiger partial charge in [-0.15, -0.1) is 23.5 Å². The first-order valence-electron chi connectivity index (χ1n) is 11.9. The summed E-state index contributed by atoms with van der Waals surface area (Å²) in [5.41, 5.74) is 0.808. The number of fused-ring (bicyclic) bond motifs is 3. The summed E-state index contributed by atoms with van der Waals surface area (Å²) < 4.78 is 0.722. The number of amides is 2. The van der Waals surface area contributed by atoms with Gasteiger partial charge in [0.2, 0.25) is 5.91 Å². The Kier molecular flexibility index (Phi) is 7.30. The van der Waals surface area contributed by atoms with Gasteiger partial charge in [-0.1, -0.05) is 23.2 Å². The van der Waals surface area contributed by atoms with Crippen molar-refractivity contribution in [2.45, 2.75) is 60.2 Å². The van der Waals surface area contributed by atoms with Crippen LogP contribution >= 0.6 is 46.7 Å². The molecule has 0 radical (unpaired) electrons. The van der Waals surface area contributed by atoms with Crippen molar-refractivity contribution in [3.8, 4) is 0 Å². The van der Waals surface area contributed by atoms with Crippen LogP contribution in [0.15, 0.2) is 34.4 Å². The molecule has 5 rings (SSSR count). The first-order valence-corrected chi connectivity index (χ1v) is 14.7. The number of nitrogens with zero attached hydrogens (tertiary/aromatic N) is 2. The highest BCUT2D eigenvalue weighted by molar-refractivity contribution is 8.00. The molecule has 0 spiro atoms. The van der Waals surface area contributed by atoms with Crippen molar-refractivity contribution in [3.63, 3.8) is 0 Å². The SMILES string of the molecule is C[N+]1(CC2=C(C(=O)O)N3C(=O)[C@@H](NC(=O)CSc4cc(Cl)ccc4Cl)[C@H]3SC2)[C@@H]2CC[C@H]1CC(O)C2. The maximum Gasteiger partial charge on any atom is 0.352 e. The minimum absolute atomic E-state index is 0.0541. The Labute approximate surface area is 227 Å². The molecule has 1 aromatic carbocycles. The van der Waals surface area contributed by atoms with Crippen molar-refractivity contribution in [3.05, 3.63) is 39.5 Å². The second kappa shape index (κ2) is 10.0. The van der Waals surface area contributed by atoms with E-state index in [0.717, 1.165) is 35.7 Å². The molecule has 4 heterocycles. The van der Waals surface area contributed by atoms with Gasteiger partial charge in [-0.2, -0.15) is 0 Å². The number of nitrogens with one attached hydrogen (secondary N) is 1. The minimum atomic E-state index is -1.12. The number of hydrogen-bond acceptors (Lipinski definition) is 6. The molecule has 3 saturated heterocycles. The van der Waals surface area contributed by atoms with Gasteiger partial charge in [0.1, 0.15) is 23.7 Å². The van der Waals surface area contributed by atoms with Crippen LogP contribution in [0.2, 0.25) is 10.0 Å². The third-order valence-electron chi connectivity index (χ3n) is 7.94. The van der Waals surface area contributed by atoms with Crippen LogP contribution < -0.4 is 5.32 Å². The number of aliphatic carboxylic acids is 1. The fourth-order valence-electron chi connectivity index (χ4n) is 6.13. The predicted octanol–water partition coefficient (Wildman–Crippen LogP) is 2.96. The highest BCUT2D eigenvalue weighted by atomic mass is 35.5. The first kappa shape index (κ1) is 26.2. The fraction of sp³-hybridized carbons (Fsp3) is 0.542. The van der Waals surface area contributed by atoms with Gasteiger partial charge in [0.15, 0.2) is 0 Å². The van der Waals surface area contributed by atoms with Crippen LogP contribution in [0.25, 0.3) is 0 Å². The number of hydrogen-bond donors (Lipinski definition) is 3. The van der Waals surface area contributed by atoms with E-state index in [4.69, 9.17) is 23.2 Å². The third-order valence-corrected chi connectivity index (χ3v) is 11.0. The van der Waals surface area contributed by atoms with Gasteiger partial charge >= 0.3 is 5.97 Å². The molecule has 4 aliphatic rings. The Morgan fingerprint density at radius 3 is 2.61 bits per heavy atom. The minimum Gasteiger partial charge on any atom is -0.477 e. The number of aliphatic hydroxyl groups is 1. The van der Waals surface area contributed by atoms with Crippen molar-refractivity contribution in [2.75, 3.05) is 25.1 Å². The number of aliphatic hydroxyl groups excluding tert-OH is 1. The summed E-state index contributed by atoms with van der Waals surface area (Å²) in [7, 11) is 2.15. The number of likely N-dealkylation sites (N-methyl/N-ethyl adjacent to an activating group) is 1. The predicted molar refractivity (Wildman–Crippen MR) is 140 cm³/mol. The number of quaternary nitrogens is 1. The van der Waals surface area contributed by atoms with Gasteiger partial charge in [-0.3, -0.25) is 14.5 Å². The molecule has 0 aromatic heterocycles. The Balaban J connectivity index is 1.26. The smallest absolute Gasteiger partial charge is 0.352 e. The summed E-state index contributed by atoms with van der Waals surface area (Å²) in [5.74, 6) is -1.30. The van der Waals surface area contributed by atoms with Gasteiger partial charge < -0.3 is 20.0 Å². The maximum atomic E-state index is 13.0. The molecule has 4 aliphatic heterocycles. The number of thioether (sulfide) groups is 2. The molecule has 2 amide bonds. The molecule has 2 bridgehead atoms. The molecule has 1 aromatic rings. The number of piperidine rings is 1. The molecule has 3 fully saturated rings. The van der Waals surface area contributed by atoms with Crippen molar-refractivity contribution >= 4 is 64.5 Å². The van der Waals surface area contributed by atoms with Crippen LogP contribution in [0.5, 0.6) is 0 Å². The number of β-lactam (4-membered cyclic amide) rings is 1. The average molecular weight is 574 g/mol. The maximum absolute atomic E-state index is 13.0. The van der Waals surface area contributed by atoms with Crippen molar-refractivity contribution < 1.29 is 29.1 Å². The zero-order valence-corrected chi connectivity index (χ0v) is 22.8. The quantitative estimate of drug-likeness (QED) is 0.262. The van der Waals surface area contributed by atoms with Crippen LogP contribution in [-0.4, -0.2) is 92.1 Å². The monoisotopic (exact) mass is 572 g/mol. The van der Waals surface area contributed by atoms with Crippen molar-refractivity contribution in [1.29, 1.82) is 0 Å². The summed E-state index contributed by atoms with van der Waals surface area (Å²) in [6.45, 7) is 0.557. The Morgan fingerprint density at radius 2 is 1.94 bits per heavy atom. The second-order valence-electron chi connectivity index (χ2n) is 10.1. The largest absolute Gasteiger partial charge is 0.477 e. The summed E-state index contributed by atoms with van der Waals surface area (Å²) in [6, 6.07) is 4.84. The lowest BCUT2D eigenvalue weighted by atomic mass is 9.95. The lowest BCUT2D eigenvalue weighted by Gasteiger charge is -2.51. The zero-order valence-electron chi connectivity index (χ0n) is 19.7. The van der Waals surface area contributed by atoms with Crippen molar-refractivity contribution in [1.82, 2.24) is 10.2 Å². The molecule has 0 saturated carbocycles. The Morgan fingerprint density at radius 1 is 1.25 bits per heavy atom. The standard InChI is InChI=1S/C24H27Cl2N3O5S2/c1-29(14-3-4-15(29)8-16(30)7-14)9-12-10-36-23-20(22(32)28(23)21(12)24(33)34)27-19(31)11-35-18-6-13(25)2-5-17(18)26/h2,5-6,14-16,20,23,30H,3-4,7-11H2,1H3,(H-,27,31,33,34)/p+1/t14-,15+,16?,20-,23-,29?/m1/s1. The van der Waals surface area contributed by atoms with E-state index in [0.29, 0.717) is 39.3 Å². The molecular weight excluding hydrogens is 545 g/mol. The average Bonchev–Trinajstić information content (AvgIpc) is 2.98. The lowest BCUT2D eigenvalue weighted by Crippen LogP contribution is -2.71. The van der Waals surface area contributed by atoms with Crippen LogP contribution in [0.1, 0.15) is 25.7 Å². The van der Waals surface area contributed by atoms with E-state index >= 15 is 0 Å². The summed E-state index contributed by atoms with van der Waals surface area (Å²) in [6.07, 6.45) is 3.22. The first-order chi connectivity index (χ1) is 17.1. The van der Waals surface area contributed by atoms with Crippen LogP contribution in [0.4, 0.5) is 0 Å². The highest BCUT2D eigenvalue weighted by Gasteiger charge is 2.56. The van der Waals surface area contributed by atoms with Gasteiger partial charge in [0.25, 0.3) is 5.91 Å². The van der Waals surface area contributed by atoms with Crippen LogP contribution in [0.3, 0.4) is 0 Å². The molecule has 0 aliphatic carbocycles. The molecule has 8 nitrogen and oxygen atoms in total. The van der Waals surface area contributed by atoms with Crippen LogP contribution in [-0.2, 0) is 14.4 Å². The summed E-state index contributed by atoms with van der Waals surface area (Å²) in [5, 5.41) is 23.6. The number of halogens is 2. The summed E-state index contributed by atoms with van der Waals surface area (Å²) in [4.78, 5) is 39.9. The molecular formula is C24H28Cl2N3O5S2+. The van der Waals surface area contributed by atoms with Crippen LogP contribution in [0, 0.1) is 0 Å². The molecule has 3 N–H and O–H groups in total. The molecule has 2 unspecified atom stereocenters. The number of carboxylic acid groups (broad SMARTS) is 1. The number of benzene rings is 1. The Hall–Kier alpha value is -1.43. The van der Waals surface area contributed by atoms with E-state index in [2.05, 4.69) is 12.4 Å². The van der Waals surface area contributed by atoms with E-state index in [-0.39, 0.29) is 23.5 Å². The van der Waals surface area contributed by atoms with Gasteiger partial charge in [-0.25, -0.2) is 4.79 Å². The third kappa shape index (κ3) is 4.65. The van der Waals surface area contributed by atoms with E-state index in [1.54, 1.807) is 18.2 Å². The Bertz CT molecular complexity index is 1130. The molecule has 12 heteroatoms. The zero-order chi connectivity index (χ0) is 25.8. The fourth-order valence-corrected chi connectivity index (χ4v) is 8.77. The van der Waals surface area contributed by atoms with E-state index < -0.39 is 23.3 Å². The molecule has 194 valence electrons. The lowest BCUT2D eigenvalue weighted by molar-refractivity contribution is -0.945. The number of carbonyl (C=O) groups is 3.